The molecule has 0 radical (unpaired) electrons. The second-order valence-electron chi connectivity index (χ2n) is 8.57. The van der Waals surface area contributed by atoms with Gasteiger partial charge in [0, 0.05) is 56.8 Å². The van der Waals surface area contributed by atoms with Crippen LogP contribution < -0.4 is 0 Å². The van der Waals surface area contributed by atoms with E-state index in [2.05, 4.69) is 34.3 Å². The molecule has 2 atom stereocenters. The molecule has 0 bridgehead atoms. The van der Waals surface area contributed by atoms with Crippen LogP contribution in [0, 0.1) is 0 Å². The van der Waals surface area contributed by atoms with Gasteiger partial charge in [0.15, 0.2) is 0 Å². The molecule has 2 saturated heterocycles. The maximum Gasteiger partial charge on any atom is 0.407 e. The Labute approximate surface area is 192 Å². The van der Waals surface area contributed by atoms with Gasteiger partial charge >= 0.3 is 6.09 Å². The Morgan fingerprint density at radius 1 is 0.879 bits per heavy atom. The van der Waals surface area contributed by atoms with Crippen LogP contribution in [-0.2, 0) is 0 Å². The van der Waals surface area contributed by atoms with Crippen molar-refractivity contribution >= 4 is 12.0 Å². The van der Waals surface area contributed by atoms with E-state index in [-0.39, 0.29) is 29.7 Å². The van der Waals surface area contributed by atoms with Crippen molar-refractivity contribution in [3.63, 3.8) is 0 Å². The summed E-state index contributed by atoms with van der Waals surface area (Å²) in [6.07, 6.45) is 0.523. The molecule has 2 aliphatic heterocycles. The number of hydrogen-bond donors (Lipinski definition) is 1. The number of nitrogens with zero attached hydrogens (tertiary/aromatic N) is 4. The van der Waals surface area contributed by atoms with Crippen molar-refractivity contribution in [1.82, 2.24) is 19.9 Å². The predicted octanol–water partition coefficient (Wildman–Crippen LogP) is 3.00. The summed E-state index contributed by atoms with van der Waals surface area (Å²) in [5.41, 5.74) is 2.31. The molecule has 8 nitrogen and oxygen atoms in total. The first-order valence-electron chi connectivity index (χ1n) is 11.2. The third kappa shape index (κ3) is 4.21. The van der Waals surface area contributed by atoms with Crippen LogP contribution in [0.1, 0.15) is 27.6 Å². The standard InChI is InChI=1S/C25H26N4O4/c30-24(22-11-12-26-33-22)27-13-14-29-20(15-27)16-28(25(31)32)17-21(29)23(18-7-3-1-4-8-18)19-9-5-2-6-10-19/h1-12,20-21,23H,13-17H2,(H,31,32)/t20-,21?/m0/s1. The van der Waals surface area contributed by atoms with Gasteiger partial charge in [-0.05, 0) is 11.1 Å². The van der Waals surface area contributed by atoms with E-state index in [1.54, 1.807) is 11.0 Å². The molecule has 33 heavy (non-hydrogen) atoms. The van der Waals surface area contributed by atoms with Crippen LogP contribution in [0.3, 0.4) is 0 Å². The molecule has 5 rings (SSSR count). The van der Waals surface area contributed by atoms with Gasteiger partial charge in [-0.25, -0.2) is 4.79 Å². The summed E-state index contributed by atoms with van der Waals surface area (Å²) in [5, 5.41) is 13.5. The molecule has 0 aliphatic carbocycles. The summed E-state index contributed by atoms with van der Waals surface area (Å²) in [6.45, 7) is 2.43. The van der Waals surface area contributed by atoms with Crippen LogP contribution in [0.5, 0.6) is 0 Å². The lowest BCUT2D eigenvalue weighted by atomic mass is 9.82. The zero-order valence-corrected chi connectivity index (χ0v) is 18.2. The lowest BCUT2D eigenvalue weighted by Crippen LogP contribution is -2.68. The first-order chi connectivity index (χ1) is 16.1. The van der Waals surface area contributed by atoms with Crippen LogP contribution in [0.4, 0.5) is 4.79 Å². The van der Waals surface area contributed by atoms with Gasteiger partial charge in [-0.3, -0.25) is 9.69 Å². The van der Waals surface area contributed by atoms with Crippen LogP contribution in [0.15, 0.2) is 77.4 Å². The fraction of sp³-hybridized carbons (Fsp3) is 0.320. The van der Waals surface area contributed by atoms with E-state index in [0.717, 1.165) is 11.1 Å². The highest BCUT2D eigenvalue weighted by atomic mass is 16.5. The number of hydrogen-bond acceptors (Lipinski definition) is 5. The van der Waals surface area contributed by atoms with E-state index < -0.39 is 6.09 Å². The number of benzene rings is 2. The average Bonchev–Trinajstić information content (AvgIpc) is 3.39. The van der Waals surface area contributed by atoms with Gasteiger partial charge in [0.05, 0.1) is 6.20 Å². The van der Waals surface area contributed by atoms with Crippen molar-refractivity contribution in [2.24, 2.45) is 0 Å². The molecule has 1 unspecified atom stereocenters. The number of carbonyl (C=O) groups is 2. The summed E-state index contributed by atoms with van der Waals surface area (Å²) < 4.78 is 5.06. The molecule has 1 N–H and O–H groups in total. The zero-order valence-electron chi connectivity index (χ0n) is 18.2. The van der Waals surface area contributed by atoms with Crippen LogP contribution in [-0.4, -0.2) is 81.8 Å². The number of piperazine rings is 2. The Morgan fingerprint density at radius 2 is 1.52 bits per heavy atom. The Kier molecular flexibility index (Phi) is 5.83. The molecule has 3 heterocycles. The number of carboxylic acid groups (broad SMARTS) is 1. The molecule has 170 valence electrons. The van der Waals surface area contributed by atoms with Crippen molar-refractivity contribution in [3.8, 4) is 0 Å². The van der Waals surface area contributed by atoms with E-state index in [4.69, 9.17) is 4.52 Å². The number of fused-ring (bicyclic) bond motifs is 1. The molecule has 2 fully saturated rings. The summed E-state index contributed by atoms with van der Waals surface area (Å²) >= 11 is 0. The highest BCUT2D eigenvalue weighted by Gasteiger charge is 2.44. The number of rotatable bonds is 4. The molecule has 0 saturated carbocycles. The van der Waals surface area contributed by atoms with Gasteiger partial charge in [0.25, 0.3) is 5.91 Å². The minimum Gasteiger partial charge on any atom is -0.465 e. The zero-order chi connectivity index (χ0) is 22.8. The molecule has 2 amide bonds. The van der Waals surface area contributed by atoms with Gasteiger partial charge in [0.1, 0.15) is 0 Å². The number of carbonyl (C=O) groups excluding carboxylic acids is 1. The molecule has 1 aromatic heterocycles. The maximum atomic E-state index is 12.9. The number of aromatic nitrogens is 1. The average molecular weight is 447 g/mol. The van der Waals surface area contributed by atoms with Crippen LogP contribution >= 0.6 is 0 Å². The highest BCUT2D eigenvalue weighted by molar-refractivity contribution is 5.91. The molecule has 8 heteroatoms. The first kappa shape index (κ1) is 21.2. The van der Waals surface area contributed by atoms with Gasteiger partial charge in [0.2, 0.25) is 5.76 Å². The van der Waals surface area contributed by atoms with Crippen molar-refractivity contribution in [3.05, 3.63) is 89.8 Å². The van der Waals surface area contributed by atoms with Crippen LogP contribution in [0.2, 0.25) is 0 Å². The van der Waals surface area contributed by atoms with Crippen molar-refractivity contribution in [1.29, 1.82) is 0 Å². The SMILES string of the molecule is O=C(O)N1CC(C(c2ccccc2)c2ccccc2)N2CCN(C(=O)c3ccno3)C[C@H]2C1. The Bertz CT molecular complexity index is 1050. The number of amides is 2. The Balaban J connectivity index is 1.48. The Hall–Kier alpha value is -3.65. The lowest BCUT2D eigenvalue weighted by molar-refractivity contribution is -0.0216. The molecule has 0 spiro atoms. The normalized spacial score (nSPS) is 21.1. The van der Waals surface area contributed by atoms with E-state index >= 15 is 0 Å². The summed E-state index contributed by atoms with van der Waals surface area (Å²) in [7, 11) is 0. The maximum absolute atomic E-state index is 12.9. The first-order valence-corrected chi connectivity index (χ1v) is 11.2. The van der Waals surface area contributed by atoms with Gasteiger partial charge in [-0.15, -0.1) is 0 Å². The second kappa shape index (κ2) is 9.07. The smallest absolute Gasteiger partial charge is 0.407 e. The van der Waals surface area contributed by atoms with E-state index in [9.17, 15) is 14.7 Å². The van der Waals surface area contributed by atoms with Crippen LogP contribution in [0.25, 0.3) is 0 Å². The fourth-order valence-electron chi connectivity index (χ4n) is 5.21. The molecular weight excluding hydrogens is 420 g/mol. The fourth-order valence-corrected chi connectivity index (χ4v) is 5.21. The van der Waals surface area contributed by atoms with Gasteiger partial charge in [-0.1, -0.05) is 65.8 Å². The van der Waals surface area contributed by atoms with Gasteiger partial charge in [-0.2, -0.15) is 0 Å². The second-order valence-corrected chi connectivity index (χ2v) is 8.57. The molecule has 3 aromatic rings. The summed E-state index contributed by atoms with van der Waals surface area (Å²) in [4.78, 5) is 30.6. The minimum atomic E-state index is -0.932. The minimum absolute atomic E-state index is 0.00794. The predicted molar refractivity (Wildman–Crippen MR) is 121 cm³/mol. The highest BCUT2D eigenvalue weighted by Crippen LogP contribution is 2.35. The van der Waals surface area contributed by atoms with Crippen molar-refractivity contribution in [2.75, 3.05) is 32.7 Å². The third-order valence-corrected chi connectivity index (χ3v) is 6.70. The molecular formula is C25H26N4O4. The lowest BCUT2D eigenvalue weighted by Gasteiger charge is -2.52. The van der Waals surface area contributed by atoms with Crippen molar-refractivity contribution in [2.45, 2.75) is 18.0 Å². The van der Waals surface area contributed by atoms with E-state index in [1.807, 2.05) is 36.4 Å². The van der Waals surface area contributed by atoms with Crippen molar-refractivity contribution < 1.29 is 19.2 Å². The largest absolute Gasteiger partial charge is 0.465 e. The summed E-state index contributed by atoms with van der Waals surface area (Å²) in [6, 6.07) is 21.9. The molecule has 2 aromatic carbocycles. The quantitative estimate of drug-likeness (QED) is 0.663. The third-order valence-electron chi connectivity index (χ3n) is 6.70. The van der Waals surface area contributed by atoms with E-state index in [1.165, 1.54) is 11.1 Å². The van der Waals surface area contributed by atoms with Gasteiger partial charge < -0.3 is 19.4 Å². The molecule has 2 aliphatic rings. The Morgan fingerprint density at radius 3 is 2.09 bits per heavy atom. The summed E-state index contributed by atoms with van der Waals surface area (Å²) in [5.74, 6) is 0.00439. The topological polar surface area (TPSA) is 90.1 Å². The van der Waals surface area contributed by atoms with E-state index in [0.29, 0.717) is 32.7 Å². The monoisotopic (exact) mass is 446 g/mol.